The van der Waals surface area contributed by atoms with Gasteiger partial charge in [0.2, 0.25) is 0 Å². The molecule has 0 fully saturated rings. The molecule has 0 atom stereocenters. The second kappa shape index (κ2) is 3.20. The summed E-state index contributed by atoms with van der Waals surface area (Å²) >= 11 is 0. The van der Waals surface area contributed by atoms with E-state index in [4.69, 9.17) is 0 Å². The van der Waals surface area contributed by atoms with Crippen molar-refractivity contribution in [2.45, 2.75) is 19.9 Å². The number of H-pyrrole nitrogens is 2. The number of hydrogen-bond acceptors (Lipinski definition) is 3. The molecule has 0 spiro atoms. The number of rotatable bonds is 1. The molecule has 0 unspecified atom stereocenters. The number of aromatic amines is 2. The van der Waals surface area contributed by atoms with Crippen LogP contribution in [0.2, 0.25) is 0 Å². The van der Waals surface area contributed by atoms with Crippen LogP contribution in [0.15, 0.2) is 6.20 Å². The highest BCUT2D eigenvalue weighted by molar-refractivity contribution is 5.57. The van der Waals surface area contributed by atoms with Crippen molar-refractivity contribution >= 4 is 0 Å². The van der Waals surface area contributed by atoms with Gasteiger partial charge >= 0.3 is 0 Å². The fourth-order valence-corrected chi connectivity index (χ4v) is 1.94. The summed E-state index contributed by atoms with van der Waals surface area (Å²) in [5.41, 5.74) is 4.50. The average molecular weight is 203 g/mol. The van der Waals surface area contributed by atoms with Crippen molar-refractivity contribution in [1.29, 1.82) is 0 Å². The fourth-order valence-electron chi connectivity index (χ4n) is 1.94. The molecule has 0 aliphatic carbocycles. The van der Waals surface area contributed by atoms with Gasteiger partial charge in [-0.2, -0.15) is 5.10 Å². The first-order chi connectivity index (χ1) is 7.34. The smallest absolute Gasteiger partial charge is 0.141 e. The fraction of sp³-hybridized carbons (Fsp3) is 0.400. The Hall–Kier alpha value is -1.62. The Morgan fingerprint density at radius 2 is 2.33 bits per heavy atom. The minimum Gasteiger partial charge on any atom is -0.340 e. The normalized spacial score (nSPS) is 15.3. The van der Waals surface area contributed by atoms with E-state index in [0.29, 0.717) is 0 Å². The van der Waals surface area contributed by atoms with Crippen LogP contribution in [0.25, 0.3) is 11.4 Å². The number of imidazole rings is 1. The van der Waals surface area contributed by atoms with Crippen LogP contribution in [0.1, 0.15) is 17.1 Å². The van der Waals surface area contributed by atoms with Crippen LogP contribution in [-0.4, -0.2) is 26.7 Å². The summed E-state index contributed by atoms with van der Waals surface area (Å²) in [6, 6.07) is 0. The molecule has 0 amide bonds. The van der Waals surface area contributed by atoms with E-state index in [-0.39, 0.29) is 0 Å². The summed E-state index contributed by atoms with van der Waals surface area (Å²) in [5, 5.41) is 10.2. The molecule has 1 aliphatic heterocycles. The lowest BCUT2D eigenvalue weighted by Gasteiger charge is -2.09. The van der Waals surface area contributed by atoms with Crippen LogP contribution in [0, 0.1) is 6.92 Å². The SMILES string of the molecule is Cc1[nH]ncc1-c1nc2c([nH]1)CNCC2. The lowest BCUT2D eigenvalue weighted by molar-refractivity contribution is 0.627. The van der Waals surface area contributed by atoms with Gasteiger partial charge in [0.25, 0.3) is 0 Å². The monoisotopic (exact) mass is 203 g/mol. The largest absolute Gasteiger partial charge is 0.340 e. The third-order valence-corrected chi connectivity index (χ3v) is 2.79. The first-order valence-electron chi connectivity index (χ1n) is 5.13. The Morgan fingerprint density at radius 3 is 3.07 bits per heavy atom. The van der Waals surface area contributed by atoms with Gasteiger partial charge in [0, 0.05) is 25.2 Å². The molecule has 15 heavy (non-hydrogen) atoms. The third-order valence-electron chi connectivity index (χ3n) is 2.79. The Balaban J connectivity index is 2.06. The highest BCUT2D eigenvalue weighted by atomic mass is 15.1. The quantitative estimate of drug-likeness (QED) is 0.640. The van der Waals surface area contributed by atoms with Crippen molar-refractivity contribution in [3.63, 3.8) is 0 Å². The van der Waals surface area contributed by atoms with Gasteiger partial charge < -0.3 is 10.3 Å². The summed E-state index contributed by atoms with van der Waals surface area (Å²) in [6.07, 6.45) is 2.82. The lowest BCUT2D eigenvalue weighted by atomic mass is 10.2. The van der Waals surface area contributed by atoms with Gasteiger partial charge in [0.15, 0.2) is 0 Å². The molecule has 0 saturated heterocycles. The van der Waals surface area contributed by atoms with Crippen LogP contribution < -0.4 is 5.32 Å². The Bertz CT molecular complexity index is 458. The van der Waals surface area contributed by atoms with Crippen LogP contribution >= 0.6 is 0 Å². The zero-order valence-corrected chi connectivity index (χ0v) is 8.59. The van der Waals surface area contributed by atoms with E-state index in [1.54, 1.807) is 0 Å². The summed E-state index contributed by atoms with van der Waals surface area (Å²) in [6.45, 7) is 3.91. The van der Waals surface area contributed by atoms with Gasteiger partial charge in [0.1, 0.15) is 5.82 Å². The zero-order chi connectivity index (χ0) is 10.3. The summed E-state index contributed by atoms with van der Waals surface area (Å²) in [5.74, 6) is 0.926. The van der Waals surface area contributed by atoms with E-state index < -0.39 is 0 Å². The molecular weight excluding hydrogens is 190 g/mol. The van der Waals surface area contributed by atoms with E-state index in [1.807, 2.05) is 13.1 Å². The molecule has 5 heteroatoms. The number of fused-ring (bicyclic) bond motifs is 1. The molecule has 78 valence electrons. The molecule has 3 rings (SSSR count). The highest BCUT2D eigenvalue weighted by Gasteiger charge is 2.16. The maximum atomic E-state index is 4.60. The standard InChI is InChI=1S/C10H13N5/c1-6-7(4-12-15-6)10-13-8-2-3-11-5-9(8)14-10/h4,11H,2-3,5H2,1H3,(H,12,15)(H,13,14). The number of aromatic nitrogens is 4. The molecule has 3 heterocycles. The van der Waals surface area contributed by atoms with E-state index in [1.165, 1.54) is 11.4 Å². The maximum absolute atomic E-state index is 4.60. The number of nitrogens with zero attached hydrogens (tertiary/aromatic N) is 2. The first kappa shape index (κ1) is 8.67. The van der Waals surface area contributed by atoms with Crippen LogP contribution in [-0.2, 0) is 13.0 Å². The third kappa shape index (κ3) is 1.35. The number of nitrogens with one attached hydrogen (secondary N) is 3. The van der Waals surface area contributed by atoms with Gasteiger partial charge in [-0.3, -0.25) is 5.10 Å². The van der Waals surface area contributed by atoms with Crippen molar-refractivity contribution in [2.75, 3.05) is 6.54 Å². The Kier molecular flexibility index (Phi) is 1.85. The van der Waals surface area contributed by atoms with E-state index >= 15 is 0 Å². The maximum Gasteiger partial charge on any atom is 0.141 e. The van der Waals surface area contributed by atoms with Gasteiger partial charge in [0.05, 0.1) is 23.1 Å². The van der Waals surface area contributed by atoms with Crippen LogP contribution in [0.5, 0.6) is 0 Å². The van der Waals surface area contributed by atoms with Crippen molar-refractivity contribution in [1.82, 2.24) is 25.5 Å². The summed E-state index contributed by atoms with van der Waals surface area (Å²) in [4.78, 5) is 7.94. The van der Waals surface area contributed by atoms with E-state index in [9.17, 15) is 0 Å². The molecular formula is C10H13N5. The Morgan fingerprint density at radius 1 is 1.40 bits per heavy atom. The predicted molar refractivity (Wildman–Crippen MR) is 56.3 cm³/mol. The van der Waals surface area contributed by atoms with Crippen molar-refractivity contribution in [2.24, 2.45) is 0 Å². The highest BCUT2D eigenvalue weighted by Crippen LogP contribution is 2.21. The minimum absolute atomic E-state index is 0.888. The molecule has 5 nitrogen and oxygen atoms in total. The lowest BCUT2D eigenvalue weighted by Crippen LogP contribution is -2.23. The van der Waals surface area contributed by atoms with Crippen molar-refractivity contribution in [3.8, 4) is 11.4 Å². The molecule has 0 saturated carbocycles. The molecule has 0 aromatic carbocycles. The van der Waals surface area contributed by atoms with Crippen molar-refractivity contribution < 1.29 is 0 Å². The summed E-state index contributed by atoms with van der Waals surface area (Å²) < 4.78 is 0. The van der Waals surface area contributed by atoms with Gasteiger partial charge in [-0.25, -0.2) is 4.98 Å². The van der Waals surface area contributed by atoms with Gasteiger partial charge in [-0.1, -0.05) is 0 Å². The second-order valence-corrected chi connectivity index (χ2v) is 3.85. The second-order valence-electron chi connectivity index (χ2n) is 3.85. The average Bonchev–Trinajstić information content (AvgIpc) is 2.82. The molecule has 2 aromatic heterocycles. The van der Waals surface area contributed by atoms with Crippen LogP contribution in [0.4, 0.5) is 0 Å². The molecule has 0 bridgehead atoms. The van der Waals surface area contributed by atoms with Crippen molar-refractivity contribution in [3.05, 3.63) is 23.3 Å². The van der Waals surface area contributed by atoms with E-state index in [2.05, 4.69) is 25.5 Å². The summed E-state index contributed by atoms with van der Waals surface area (Å²) in [7, 11) is 0. The minimum atomic E-state index is 0.888. The van der Waals surface area contributed by atoms with Crippen LogP contribution in [0.3, 0.4) is 0 Å². The van der Waals surface area contributed by atoms with Gasteiger partial charge in [-0.15, -0.1) is 0 Å². The zero-order valence-electron chi connectivity index (χ0n) is 8.59. The molecule has 1 aliphatic rings. The number of aryl methyl sites for hydroxylation is 1. The van der Waals surface area contributed by atoms with E-state index in [0.717, 1.165) is 36.6 Å². The van der Waals surface area contributed by atoms with Gasteiger partial charge in [-0.05, 0) is 6.92 Å². The predicted octanol–water partition coefficient (Wildman–Crippen LogP) is 0.754. The molecule has 3 N–H and O–H groups in total. The number of hydrogen-bond donors (Lipinski definition) is 3. The molecule has 0 radical (unpaired) electrons. The molecule has 2 aromatic rings. The Labute approximate surface area is 87.3 Å². The topological polar surface area (TPSA) is 69.4 Å². The first-order valence-corrected chi connectivity index (χ1v) is 5.13.